The van der Waals surface area contributed by atoms with Crippen LogP contribution in [-0.2, 0) is 5.54 Å². The van der Waals surface area contributed by atoms with Crippen molar-refractivity contribution in [3.8, 4) is 0 Å². The van der Waals surface area contributed by atoms with Crippen LogP contribution in [0.5, 0.6) is 0 Å². The van der Waals surface area contributed by atoms with E-state index in [9.17, 15) is 0 Å². The minimum Gasteiger partial charge on any atom is -1.00 e. The molecule has 2 heterocycles. The molecule has 2 nitrogen and oxygen atoms in total. The first-order valence-electron chi connectivity index (χ1n) is 9.35. The second-order valence-corrected chi connectivity index (χ2v) is 8.74. The van der Waals surface area contributed by atoms with Gasteiger partial charge in [0.15, 0.2) is 0 Å². The summed E-state index contributed by atoms with van der Waals surface area (Å²) < 4.78 is 1.10. The number of rotatable bonds is 4. The summed E-state index contributed by atoms with van der Waals surface area (Å²) in [4.78, 5) is 4.11. The van der Waals surface area contributed by atoms with Crippen LogP contribution in [0.4, 0.5) is 0 Å². The van der Waals surface area contributed by atoms with Gasteiger partial charge in [0.1, 0.15) is 5.54 Å². The van der Waals surface area contributed by atoms with Crippen molar-refractivity contribution in [1.82, 2.24) is 4.90 Å². The average Bonchev–Trinajstić information content (AvgIpc) is 3.20. The standard InChI is InChI=1S/C23H27N2S.HI/c1-25(2)17-15-24(16-18-25)23(22-14-9-19-26-22,20-10-5-3-6-11-20)21-12-7-4-8-13-21;/h3-14,19H,15-18H2,1-2H3;1H/q+1;/p-1. The molecule has 27 heavy (non-hydrogen) atoms. The zero-order valence-electron chi connectivity index (χ0n) is 16.0. The lowest BCUT2D eigenvalue weighted by Crippen LogP contribution is -3.00. The van der Waals surface area contributed by atoms with E-state index in [2.05, 4.69) is 97.2 Å². The first kappa shape index (κ1) is 20.5. The lowest BCUT2D eigenvalue weighted by Gasteiger charge is -2.49. The first-order chi connectivity index (χ1) is 12.6. The highest BCUT2D eigenvalue weighted by Gasteiger charge is 2.45. The van der Waals surface area contributed by atoms with E-state index in [1.54, 1.807) is 0 Å². The smallest absolute Gasteiger partial charge is 0.107 e. The molecule has 0 atom stereocenters. The molecule has 0 saturated carbocycles. The van der Waals surface area contributed by atoms with Gasteiger partial charge in [0.2, 0.25) is 0 Å². The van der Waals surface area contributed by atoms with Crippen LogP contribution in [0.2, 0.25) is 0 Å². The van der Waals surface area contributed by atoms with Gasteiger partial charge in [0.05, 0.1) is 27.2 Å². The van der Waals surface area contributed by atoms with Gasteiger partial charge < -0.3 is 28.5 Å². The quantitative estimate of drug-likeness (QED) is 0.395. The molecule has 0 spiro atoms. The first-order valence-corrected chi connectivity index (χ1v) is 10.2. The minimum atomic E-state index is -0.211. The highest BCUT2D eigenvalue weighted by molar-refractivity contribution is 7.10. The van der Waals surface area contributed by atoms with Crippen LogP contribution >= 0.6 is 11.3 Å². The molecule has 0 bridgehead atoms. The molecule has 0 aliphatic carbocycles. The van der Waals surface area contributed by atoms with Crippen molar-refractivity contribution in [3.63, 3.8) is 0 Å². The predicted molar refractivity (Wildman–Crippen MR) is 111 cm³/mol. The van der Waals surface area contributed by atoms with Crippen LogP contribution in [0.3, 0.4) is 0 Å². The van der Waals surface area contributed by atoms with Crippen molar-refractivity contribution in [3.05, 3.63) is 94.2 Å². The second-order valence-electron chi connectivity index (χ2n) is 7.79. The van der Waals surface area contributed by atoms with Gasteiger partial charge in [0, 0.05) is 18.0 Å². The van der Waals surface area contributed by atoms with E-state index >= 15 is 0 Å². The van der Waals surface area contributed by atoms with Gasteiger partial charge >= 0.3 is 0 Å². The highest BCUT2D eigenvalue weighted by Crippen LogP contribution is 2.44. The van der Waals surface area contributed by atoms with Crippen molar-refractivity contribution in [2.45, 2.75) is 5.54 Å². The zero-order chi connectivity index (χ0) is 18.0. The summed E-state index contributed by atoms with van der Waals surface area (Å²) in [5.74, 6) is 0. The fourth-order valence-electron chi connectivity index (χ4n) is 4.16. The molecule has 0 unspecified atom stereocenters. The lowest BCUT2D eigenvalue weighted by atomic mass is 9.79. The number of hydrogen-bond donors (Lipinski definition) is 0. The molecule has 3 aromatic rings. The van der Waals surface area contributed by atoms with Crippen LogP contribution < -0.4 is 24.0 Å². The van der Waals surface area contributed by atoms with Crippen molar-refractivity contribution in [1.29, 1.82) is 0 Å². The molecular weight excluding hydrogens is 463 g/mol. The third-order valence-corrected chi connectivity index (χ3v) is 6.66. The Morgan fingerprint density at radius 2 is 1.30 bits per heavy atom. The summed E-state index contributed by atoms with van der Waals surface area (Å²) in [7, 11) is 4.68. The largest absolute Gasteiger partial charge is 1.00 e. The topological polar surface area (TPSA) is 3.24 Å². The van der Waals surface area contributed by atoms with E-state index in [-0.39, 0.29) is 29.5 Å². The van der Waals surface area contributed by atoms with Crippen molar-refractivity contribution in [2.75, 3.05) is 40.3 Å². The number of thiophene rings is 1. The zero-order valence-corrected chi connectivity index (χ0v) is 19.0. The predicted octanol–water partition coefficient (Wildman–Crippen LogP) is 1.44. The van der Waals surface area contributed by atoms with E-state index in [1.807, 2.05) is 11.3 Å². The van der Waals surface area contributed by atoms with Gasteiger partial charge in [-0.05, 0) is 22.6 Å². The average molecular weight is 490 g/mol. The third kappa shape index (κ3) is 3.86. The number of nitrogens with zero attached hydrogens (tertiary/aromatic N) is 2. The van der Waals surface area contributed by atoms with Gasteiger partial charge in [-0.25, -0.2) is 0 Å². The second kappa shape index (κ2) is 8.43. The van der Waals surface area contributed by atoms with Crippen molar-refractivity contribution >= 4 is 11.3 Å². The van der Waals surface area contributed by atoms with Crippen LogP contribution in [0, 0.1) is 0 Å². The van der Waals surface area contributed by atoms with E-state index in [0.717, 1.165) is 17.6 Å². The van der Waals surface area contributed by atoms with Crippen LogP contribution in [0.15, 0.2) is 78.2 Å². The number of likely N-dealkylation sites (N-methyl/N-ethyl adjacent to an activating group) is 1. The Morgan fingerprint density at radius 3 is 1.74 bits per heavy atom. The van der Waals surface area contributed by atoms with E-state index < -0.39 is 0 Å². The summed E-state index contributed by atoms with van der Waals surface area (Å²) in [5, 5.41) is 2.21. The molecule has 1 fully saturated rings. The number of hydrogen-bond acceptors (Lipinski definition) is 2. The number of halogens is 1. The summed E-state index contributed by atoms with van der Waals surface area (Å²) in [6.07, 6.45) is 0. The molecule has 4 heteroatoms. The number of piperazine rings is 1. The molecule has 4 rings (SSSR count). The Kier molecular flexibility index (Phi) is 6.41. The normalized spacial score (nSPS) is 17.3. The number of quaternary nitrogens is 1. The third-order valence-electron chi connectivity index (χ3n) is 5.69. The minimum absolute atomic E-state index is 0. The van der Waals surface area contributed by atoms with E-state index in [1.165, 1.54) is 29.1 Å². The molecule has 2 aromatic carbocycles. The molecule has 1 aromatic heterocycles. The lowest BCUT2D eigenvalue weighted by molar-refractivity contribution is -0.895. The van der Waals surface area contributed by atoms with E-state index in [4.69, 9.17) is 0 Å². The summed E-state index contributed by atoms with van der Waals surface area (Å²) in [6, 6.07) is 26.6. The summed E-state index contributed by atoms with van der Waals surface area (Å²) in [5.41, 5.74) is 2.51. The van der Waals surface area contributed by atoms with E-state index in [0.29, 0.717) is 0 Å². The Morgan fingerprint density at radius 1 is 0.778 bits per heavy atom. The maximum Gasteiger partial charge on any atom is 0.107 e. The van der Waals surface area contributed by atoms with Gasteiger partial charge in [-0.2, -0.15) is 0 Å². The molecule has 1 aliphatic rings. The molecule has 142 valence electrons. The molecule has 0 amide bonds. The molecule has 1 saturated heterocycles. The van der Waals surface area contributed by atoms with Gasteiger partial charge in [-0.15, -0.1) is 11.3 Å². The van der Waals surface area contributed by atoms with Crippen LogP contribution in [0.1, 0.15) is 16.0 Å². The fraction of sp³-hybridized carbons (Fsp3) is 0.304. The Bertz CT molecular complexity index is 782. The molecule has 1 aliphatic heterocycles. The maximum absolute atomic E-state index is 2.70. The highest BCUT2D eigenvalue weighted by atomic mass is 127. The van der Waals surface area contributed by atoms with Gasteiger partial charge in [-0.1, -0.05) is 66.7 Å². The maximum atomic E-state index is 2.70. The van der Waals surface area contributed by atoms with Crippen molar-refractivity contribution in [2.24, 2.45) is 0 Å². The summed E-state index contributed by atoms with van der Waals surface area (Å²) >= 11 is 1.87. The van der Waals surface area contributed by atoms with Gasteiger partial charge in [-0.3, -0.25) is 4.90 Å². The Labute approximate surface area is 184 Å². The monoisotopic (exact) mass is 490 g/mol. The van der Waals surface area contributed by atoms with Crippen molar-refractivity contribution < 1.29 is 28.5 Å². The fourth-order valence-corrected chi connectivity index (χ4v) is 5.15. The SMILES string of the molecule is C[N+]1(C)CCN(C(c2ccccc2)(c2ccccc2)c2cccs2)CC1.[I-]. The number of benzene rings is 2. The van der Waals surface area contributed by atoms with Gasteiger partial charge in [0.25, 0.3) is 0 Å². The molecular formula is C23H27IN2S. The molecule has 0 radical (unpaired) electrons. The summed E-state index contributed by atoms with van der Waals surface area (Å²) in [6.45, 7) is 4.53. The Hall–Kier alpha value is -1.21. The Balaban J connectivity index is 0.00000210. The van der Waals surface area contributed by atoms with Crippen LogP contribution in [-0.4, -0.2) is 49.7 Å². The van der Waals surface area contributed by atoms with Crippen LogP contribution in [0.25, 0.3) is 0 Å². The molecule has 0 N–H and O–H groups in total.